The van der Waals surface area contributed by atoms with Crippen LogP contribution >= 0.6 is 12.4 Å². The molecule has 0 aliphatic heterocycles. The standard InChI is InChI=1S/C16H24N2O.ClH/c1-11-7-8-12(2)15(9-11)18-16(19)10-13-5-3-4-6-14(13)17;/h7-9,13-14H,3-6,10,17H2,1-2H3,(H,18,19);1H. The van der Waals surface area contributed by atoms with Crippen molar-refractivity contribution in [2.45, 2.75) is 52.0 Å². The van der Waals surface area contributed by atoms with Crippen molar-refractivity contribution in [2.75, 3.05) is 5.32 Å². The van der Waals surface area contributed by atoms with Crippen LogP contribution in [-0.2, 0) is 4.79 Å². The molecule has 2 atom stereocenters. The zero-order valence-electron chi connectivity index (χ0n) is 12.3. The predicted octanol–water partition coefficient (Wildman–Crippen LogP) is 3.57. The fraction of sp³-hybridized carbons (Fsp3) is 0.562. The Balaban J connectivity index is 0.00000200. The Morgan fingerprint density at radius 2 is 2.00 bits per heavy atom. The molecule has 20 heavy (non-hydrogen) atoms. The van der Waals surface area contributed by atoms with Crippen molar-refractivity contribution in [1.82, 2.24) is 0 Å². The van der Waals surface area contributed by atoms with E-state index in [1.165, 1.54) is 12.8 Å². The summed E-state index contributed by atoms with van der Waals surface area (Å²) in [4.78, 5) is 12.1. The molecular weight excluding hydrogens is 272 g/mol. The number of hydrogen-bond donors (Lipinski definition) is 2. The van der Waals surface area contributed by atoms with Crippen LogP contribution < -0.4 is 11.1 Å². The Morgan fingerprint density at radius 1 is 1.30 bits per heavy atom. The van der Waals surface area contributed by atoms with E-state index in [1.54, 1.807) is 0 Å². The molecule has 1 aromatic carbocycles. The van der Waals surface area contributed by atoms with Gasteiger partial charge in [-0.3, -0.25) is 4.79 Å². The molecule has 1 saturated carbocycles. The molecule has 1 aliphatic rings. The second kappa shape index (κ2) is 7.65. The number of amides is 1. The highest BCUT2D eigenvalue weighted by molar-refractivity contribution is 5.91. The Morgan fingerprint density at radius 3 is 2.70 bits per heavy atom. The summed E-state index contributed by atoms with van der Waals surface area (Å²) in [7, 11) is 0. The lowest BCUT2D eigenvalue weighted by Crippen LogP contribution is -2.35. The zero-order valence-corrected chi connectivity index (χ0v) is 13.1. The van der Waals surface area contributed by atoms with E-state index in [0.29, 0.717) is 12.3 Å². The Labute approximate surface area is 127 Å². The van der Waals surface area contributed by atoms with Crippen molar-refractivity contribution < 1.29 is 4.79 Å². The van der Waals surface area contributed by atoms with Gasteiger partial charge in [-0.15, -0.1) is 12.4 Å². The third-order valence-corrected chi connectivity index (χ3v) is 4.08. The molecule has 3 nitrogen and oxygen atoms in total. The van der Waals surface area contributed by atoms with Crippen LogP contribution in [0.15, 0.2) is 18.2 Å². The summed E-state index contributed by atoms with van der Waals surface area (Å²) in [5.41, 5.74) is 9.29. The molecule has 0 radical (unpaired) electrons. The smallest absolute Gasteiger partial charge is 0.224 e. The highest BCUT2D eigenvalue weighted by Gasteiger charge is 2.24. The van der Waals surface area contributed by atoms with Crippen LogP contribution in [-0.4, -0.2) is 11.9 Å². The Hall–Kier alpha value is -1.06. The number of benzene rings is 1. The minimum atomic E-state index is 0. The van der Waals surface area contributed by atoms with Gasteiger partial charge < -0.3 is 11.1 Å². The lowest BCUT2D eigenvalue weighted by Gasteiger charge is -2.28. The number of carbonyl (C=O) groups is 1. The van der Waals surface area contributed by atoms with Gasteiger partial charge in [-0.2, -0.15) is 0 Å². The van der Waals surface area contributed by atoms with Gasteiger partial charge in [0.2, 0.25) is 5.91 Å². The molecule has 0 heterocycles. The first-order chi connectivity index (χ1) is 9.06. The highest BCUT2D eigenvalue weighted by atomic mass is 35.5. The summed E-state index contributed by atoms with van der Waals surface area (Å²) in [5, 5.41) is 3.02. The topological polar surface area (TPSA) is 55.1 Å². The van der Waals surface area contributed by atoms with Gasteiger partial charge in [0.15, 0.2) is 0 Å². The van der Waals surface area contributed by atoms with Crippen LogP contribution in [0.1, 0.15) is 43.2 Å². The molecule has 1 amide bonds. The van der Waals surface area contributed by atoms with Crippen LogP contribution in [0.5, 0.6) is 0 Å². The van der Waals surface area contributed by atoms with Crippen LogP contribution in [0.2, 0.25) is 0 Å². The molecule has 1 aromatic rings. The first kappa shape index (κ1) is 17.0. The van der Waals surface area contributed by atoms with Crippen LogP contribution in [0.4, 0.5) is 5.69 Å². The first-order valence-electron chi connectivity index (χ1n) is 7.19. The average molecular weight is 297 g/mol. The number of carbonyl (C=O) groups excluding carboxylic acids is 1. The van der Waals surface area contributed by atoms with E-state index in [9.17, 15) is 4.79 Å². The molecule has 0 aromatic heterocycles. The maximum atomic E-state index is 12.1. The van der Waals surface area contributed by atoms with Gasteiger partial charge in [0, 0.05) is 18.2 Å². The molecule has 0 saturated heterocycles. The van der Waals surface area contributed by atoms with E-state index < -0.39 is 0 Å². The molecule has 0 bridgehead atoms. The third kappa shape index (κ3) is 4.50. The first-order valence-corrected chi connectivity index (χ1v) is 7.19. The van der Waals surface area contributed by atoms with Gasteiger partial charge >= 0.3 is 0 Å². The second-order valence-electron chi connectivity index (χ2n) is 5.78. The normalized spacial score (nSPS) is 21.9. The van der Waals surface area contributed by atoms with E-state index in [-0.39, 0.29) is 24.4 Å². The number of anilines is 1. The van der Waals surface area contributed by atoms with E-state index in [2.05, 4.69) is 11.4 Å². The zero-order chi connectivity index (χ0) is 13.8. The van der Waals surface area contributed by atoms with Crippen molar-refractivity contribution in [3.63, 3.8) is 0 Å². The molecule has 112 valence electrons. The molecule has 0 spiro atoms. The van der Waals surface area contributed by atoms with Gasteiger partial charge in [0.1, 0.15) is 0 Å². The summed E-state index contributed by atoms with van der Waals surface area (Å²) in [6.45, 7) is 4.05. The fourth-order valence-electron chi connectivity index (χ4n) is 2.80. The van der Waals surface area contributed by atoms with E-state index in [1.807, 2.05) is 26.0 Å². The summed E-state index contributed by atoms with van der Waals surface area (Å²) in [6.07, 6.45) is 5.10. The predicted molar refractivity (Wildman–Crippen MR) is 86.3 cm³/mol. The minimum absolute atomic E-state index is 0. The number of aryl methyl sites for hydroxylation is 2. The number of rotatable bonds is 3. The van der Waals surface area contributed by atoms with Gasteiger partial charge in [0.05, 0.1) is 0 Å². The largest absolute Gasteiger partial charge is 0.327 e. The van der Waals surface area contributed by atoms with Gasteiger partial charge in [-0.1, -0.05) is 25.0 Å². The minimum Gasteiger partial charge on any atom is -0.327 e. The molecular formula is C16H25ClN2O. The lowest BCUT2D eigenvalue weighted by molar-refractivity contribution is -0.117. The summed E-state index contributed by atoms with van der Waals surface area (Å²) in [6, 6.07) is 6.31. The van der Waals surface area contributed by atoms with Crippen molar-refractivity contribution >= 4 is 24.0 Å². The van der Waals surface area contributed by atoms with Crippen molar-refractivity contribution in [1.29, 1.82) is 0 Å². The van der Waals surface area contributed by atoms with E-state index >= 15 is 0 Å². The quantitative estimate of drug-likeness (QED) is 0.896. The summed E-state index contributed by atoms with van der Waals surface area (Å²) >= 11 is 0. The number of nitrogens with two attached hydrogens (primary N) is 1. The van der Waals surface area contributed by atoms with E-state index in [4.69, 9.17) is 5.73 Å². The lowest BCUT2D eigenvalue weighted by atomic mass is 9.83. The summed E-state index contributed by atoms with van der Waals surface area (Å²) in [5.74, 6) is 0.440. The highest BCUT2D eigenvalue weighted by Crippen LogP contribution is 2.26. The Kier molecular flexibility index (Phi) is 6.50. The van der Waals surface area contributed by atoms with Crippen molar-refractivity contribution in [3.8, 4) is 0 Å². The monoisotopic (exact) mass is 296 g/mol. The number of hydrogen-bond acceptors (Lipinski definition) is 2. The molecule has 3 N–H and O–H groups in total. The summed E-state index contributed by atoms with van der Waals surface area (Å²) < 4.78 is 0. The maximum absolute atomic E-state index is 12.1. The SMILES string of the molecule is Cc1ccc(C)c(NC(=O)CC2CCCCC2N)c1.Cl. The number of nitrogens with one attached hydrogen (secondary N) is 1. The molecule has 1 aliphatic carbocycles. The Bertz CT molecular complexity index is 462. The van der Waals surface area contributed by atoms with Crippen LogP contribution in [0.25, 0.3) is 0 Å². The fourth-order valence-corrected chi connectivity index (χ4v) is 2.80. The second-order valence-corrected chi connectivity index (χ2v) is 5.78. The van der Waals surface area contributed by atoms with Crippen molar-refractivity contribution in [2.24, 2.45) is 11.7 Å². The molecule has 1 fully saturated rings. The maximum Gasteiger partial charge on any atom is 0.224 e. The molecule has 2 unspecified atom stereocenters. The molecule has 2 rings (SSSR count). The van der Waals surface area contributed by atoms with Crippen LogP contribution in [0, 0.1) is 19.8 Å². The molecule has 4 heteroatoms. The number of halogens is 1. The van der Waals surface area contributed by atoms with Crippen molar-refractivity contribution in [3.05, 3.63) is 29.3 Å². The van der Waals surface area contributed by atoms with E-state index in [0.717, 1.165) is 29.7 Å². The van der Waals surface area contributed by atoms with Gasteiger partial charge in [0.25, 0.3) is 0 Å². The van der Waals surface area contributed by atoms with Crippen LogP contribution in [0.3, 0.4) is 0 Å². The van der Waals surface area contributed by atoms with Gasteiger partial charge in [-0.05, 0) is 49.8 Å². The van der Waals surface area contributed by atoms with Gasteiger partial charge in [-0.25, -0.2) is 0 Å². The third-order valence-electron chi connectivity index (χ3n) is 4.08. The average Bonchev–Trinajstić information content (AvgIpc) is 2.37.